The van der Waals surface area contributed by atoms with Crippen LogP contribution in [0.15, 0.2) is 6.20 Å². The molecule has 3 nitrogen and oxygen atoms in total. The standard InChI is InChI=1S/C8H8Cl2F3N3/c1-4(2-8(11,12)13)15-6-5(9)3-14-7(10)16-6/h3-4H,2H2,1H3,(H,14,15,16). The first kappa shape index (κ1) is 13.3. The fourth-order valence-electron chi connectivity index (χ4n) is 1.08. The smallest absolute Gasteiger partial charge is 0.366 e. The third-order valence-electron chi connectivity index (χ3n) is 1.64. The Bertz CT molecular complexity index is 370. The Kier molecular flexibility index (Phi) is 4.21. The molecule has 1 heterocycles. The molecule has 1 aromatic rings. The maximum Gasteiger partial charge on any atom is 0.391 e. The predicted octanol–water partition coefficient (Wildman–Crippen LogP) is 3.54. The van der Waals surface area contributed by atoms with Crippen LogP contribution in [0.5, 0.6) is 0 Å². The van der Waals surface area contributed by atoms with Gasteiger partial charge in [-0.05, 0) is 18.5 Å². The minimum Gasteiger partial charge on any atom is -0.366 e. The van der Waals surface area contributed by atoms with Crippen LogP contribution in [0.1, 0.15) is 13.3 Å². The van der Waals surface area contributed by atoms with Crippen LogP contribution in [0.4, 0.5) is 19.0 Å². The first-order valence-electron chi connectivity index (χ1n) is 4.29. The number of nitrogens with zero attached hydrogens (tertiary/aromatic N) is 2. The van der Waals surface area contributed by atoms with E-state index in [1.165, 1.54) is 13.1 Å². The minimum atomic E-state index is -4.24. The lowest BCUT2D eigenvalue weighted by molar-refractivity contribution is -0.136. The van der Waals surface area contributed by atoms with Crippen molar-refractivity contribution in [1.29, 1.82) is 0 Å². The minimum absolute atomic E-state index is 0.0777. The summed E-state index contributed by atoms with van der Waals surface area (Å²) in [5, 5.41) is 2.57. The van der Waals surface area contributed by atoms with E-state index in [9.17, 15) is 13.2 Å². The lowest BCUT2D eigenvalue weighted by Crippen LogP contribution is -2.24. The maximum absolute atomic E-state index is 12.1. The fourth-order valence-corrected chi connectivity index (χ4v) is 1.36. The molecule has 0 fully saturated rings. The van der Waals surface area contributed by atoms with Crippen LogP contribution >= 0.6 is 23.2 Å². The zero-order chi connectivity index (χ0) is 12.3. The number of alkyl halides is 3. The molecule has 0 amide bonds. The highest BCUT2D eigenvalue weighted by Crippen LogP contribution is 2.25. The molecule has 1 rings (SSSR count). The topological polar surface area (TPSA) is 37.8 Å². The number of anilines is 1. The van der Waals surface area contributed by atoms with Crippen LogP contribution in [0, 0.1) is 0 Å². The Balaban J connectivity index is 2.69. The molecule has 1 unspecified atom stereocenters. The van der Waals surface area contributed by atoms with Gasteiger partial charge in [-0.25, -0.2) is 4.98 Å². The Morgan fingerprint density at radius 1 is 1.44 bits per heavy atom. The van der Waals surface area contributed by atoms with Gasteiger partial charge in [0.05, 0.1) is 12.6 Å². The van der Waals surface area contributed by atoms with Crippen molar-refractivity contribution in [2.75, 3.05) is 5.32 Å². The van der Waals surface area contributed by atoms with Gasteiger partial charge in [0.2, 0.25) is 5.28 Å². The number of hydrogen-bond donors (Lipinski definition) is 1. The zero-order valence-corrected chi connectivity index (χ0v) is 9.66. The first-order valence-corrected chi connectivity index (χ1v) is 5.05. The molecule has 1 N–H and O–H groups in total. The molecule has 0 aliphatic heterocycles. The number of hydrogen-bond acceptors (Lipinski definition) is 3. The second-order valence-electron chi connectivity index (χ2n) is 3.20. The van der Waals surface area contributed by atoms with Crippen LogP contribution in [-0.2, 0) is 0 Å². The molecule has 0 saturated carbocycles. The quantitative estimate of drug-likeness (QED) is 0.857. The monoisotopic (exact) mass is 273 g/mol. The van der Waals surface area contributed by atoms with Gasteiger partial charge in [0.1, 0.15) is 10.8 Å². The summed E-state index contributed by atoms with van der Waals surface area (Å²) in [5.74, 6) is 0.0958. The van der Waals surface area contributed by atoms with Crippen molar-refractivity contribution < 1.29 is 13.2 Å². The van der Waals surface area contributed by atoms with Gasteiger partial charge in [0.25, 0.3) is 0 Å². The summed E-state index contributed by atoms with van der Waals surface area (Å²) >= 11 is 11.2. The summed E-state index contributed by atoms with van der Waals surface area (Å²) in [4.78, 5) is 7.27. The van der Waals surface area contributed by atoms with Crippen LogP contribution in [0.2, 0.25) is 10.3 Å². The zero-order valence-electron chi connectivity index (χ0n) is 8.15. The molecule has 0 spiro atoms. The number of nitrogens with one attached hydrogen (secondary N) is 1. The lowest BCUT2D eigenvalue weighted by atomic mass is 10.2. The largest absolute Gasteiger partial charge is 0.391 e. The highest BCUT2D eigenvalue weighted by atomic mass is 35.5. The molecular weight excluding hydrogens is 266 g/mol. The SMILES string of the molecule is CC(CC(F)(F)F)Nc1nc(Cl)ncc1Cl. The van der Waals surface area contributed by atoms with Crippen molar-refractivity contribution in [2.24, 2.45) is 0 Å². The van der Waals surface area contributed by atoms with E-state index < -0.39 is 18.6 Å². The van der Waals surface area contributed by atoms with Crippen molar-refractivity contribution in [1.82, 2.24) is 9.97 Å². The van der Waals surface area contributed by atoms with Gasteiger partial charge in [-0.1, -0.05) is 11.6 Å². The van der Waals surface area contributed by atoms with Crippen molar-refractivity contribution in [2.45, 2.75) is 25.6 Å². The number of halogens is 5. The number of aromatic nitrogens is 2. The Morgan fingerprint density at radius 3 is 2.62 bits per heavy atom. The van der Waals surface area contributed by atoms with Crippen molar-refractivity contribution in [3.05, 3.63) is 16.5 Å². The van der Waals surface area contributed by atoms with E-state index >= 15 is 0 Å². The van der Waals surface area contributed by atoms with E-state index in [1.807, 2.05) is 0 Å². The van der Waals surface area contributed by atoms with Gasteiger partial charge in [0.15, 0.2) is 0 Å². The van der Waals surface area contributed by atoms with Crippen molar-refractivity contribution >= 4 is 29.0 Å². The molecule has 0 bridgehead atoms. The summed E-state index contributed by atoms with van der Waals surface area (Å²) in [6, 6.07) is -0.844. The summed E-state index contributed by atoms with van der Waals surface area (Å²) < 4.78 is 36.2. The molecule has 0 aliphatic rings. The molecular formula is C8H8Cl2F3N3. The molecule has 90 valence electrons. The average Bonchev–Trinajstić information content (AvgIpc) is 2.08. The molecule has 0 saturated heterocycles. The van der Waals surface area contributed by atoms with Gasteiger partial charge in [-0.15, -0.1) is 0 Å². The van der Waals surface area contributed by atoms with Crippen molar-refractivity contribution in [3.8, 4) is 0 Å². The summed E-state index contributed by atoms with van der Waals surface area (Å²) in [7, 11) is 0. The third kappa shape index (κ3) is 4.40. The second-order valence-corrected chi connectivity index (χ2v) is 3.95. The van der Waals surface area contributed by atoms with E-state index in [1.54, 1.807) is 0 Å². The molecule has 8 heteroatoms. The summed E-state index contributed by atoms with van der Waals surface area (Å²) in [6.07, 6.45) is -4.00. The number of rotatable bonds is 3. The summed E-state index contributed by atoms with van der Waals surface area (Å²) in [6.45, 7) is 1.37. The normalized spacial score (nSPS) is 13.6. The van der Waals surface area contributed by atoms with E-state index in [-0.39, 0.29) is 16.1 Å². The second kappa shape index (κ2) is 5.05. The van der Waals surface area contributed by atoms with Crippen molar-refractivity contribution in [3.63, 3.8) is 0 Å². The van der Waals surface area contributed by atoms with Gasteiger partial charge in [-0.2, -0.15) is 18.2 Å². The van der Waals surface area contributed by atoms with Crippen LogP contribution in [0.3, 0.4) is 0 Å². The van der Waals surface area contributed by atoms with E-state index in [4.69, 9.17) is 23.2 Å². The highest BCUT2D eigenvalue weighted by molar-refractivity contribution is 6.33. The van der Waals surface area contributed by atoms with Crippen LogP contribution in [-0.4, -0.2) is 22.2 Å². The highest BCUT2D eigenvalue weighted by Gasteiger charge is 2.30. The molecule has 0 radical (unpaired) electrons. The maximum atomic E-state index is 12.1. The lowest BCUT2D eigenvalue weighted by Gasteiger charge is -2.16. The fraction of sp³-hybridized carbons (Fsp3) is 0.500. The Hall–Kier alpha value is -0.750. The van der Waals surface area contributed by atoms with E-state index in [2.05, 4.69) is 15.3 Å². The van der Waals surface area contributed by atoms with Crippen LogP contribution < -0.4 is 5.32 Å². The first-order chi connectivity index (χ1) is 7.28. The Morgan fingerprint density at radius 2 is 2.06 bits per heavy atom. The average molecular weight is 274 g/mol. The van der Waals surface area contributed by atoms with Gasteiger partial charge < -0.3 is 5.32 Å². The van der Waals surface area contributed by atoms with Crippen LogP contribution in [0.25, 0.3) is 0 Å². The van der Waals surface area contributed by atoms with E-state index in [0.29, 0.717) is 0 Å². The third-order valence-corrected chi connectivity index (χ3v) is 2.09. The van der Waals surface area contributed by atoms with Gasteiger partial charge >= 0.3 is 6.18 Å². The molecule has 1 atom stereocenters. The summed E-state index contributed by atoms with van der Waals surface area (Å²) in [5.41, 5.74) is 0. The van der Waals surface area contributed by atoms with E-state index in [0.717, 1.165) is 0 Å². The predicted molar refractivity (Wildman–Crippen MR) is 55.8 cm³/mol. The molecule has 0 aromatic carbocycles. The Labute approximate surface area is 100.0 Å². The molecule has 16 heavy (non-hydrogen) atoms. The van der Waals surface area contributed by atoms with Gasteiger partial charge in [0, 0.05) is 6.04 Å². The molecule has 1 aromatic heterocycles. The molecule has 0 aliphatic carbocycles. The van der Waals surface area contributed by atoms with Gasteiger partial charge in [-0.3, -0.25) is 0 Å².